The molecule has 0 radical (unpaired) electrons. The van der Waals surface area contributed by atoms with E-state index in [1.165, 1.54) is 0 Å². The summed E-state index contributed by atoms with van der Waals surface area (Å²) in [5.74, 6) is 0.271. The predicted molar refractivity (Wildman–Crippen MR) is 92.3 cm³/mol. The molecule has 118 valence electrons. The van der Waals surface area contributed by atoms with Crippen LogP contribution in [-0.2, 0) is 9.53 Å². The van der Waals surface area contributed by atoms with E-state index >= 15 is 0 Å². The first-order valence-corrected chi connectivity index (χ1v) is 8.65. The molecule has 1 aliphatic rings. The monoisotopic (exact) mass is 395 g/mol. The zero-order valence-corrected chi connectivity index (χ0v) is 16.4. The summed E-state index contributed by atoms with van der Waals surface area (Å²) < 4.78 is 5.70. The van der Waals surface area contributed by atoms with E-state index in [1.54, 1.807) is 0 Å². The van der Waals surface area contributed by atoms with Gasteiger partial charge in [0.25, 0.3) is 0 Å². The fourth-order valence-corrected chi connectivity index (χ4v) is 3.41. The summed E-state index contributed by atoms with van der Waals surface area (Å²) in [5.41, 5.74) is -0.176. The van der Waals surface area contributed by atoms with E-state index in [9.17, 15) is 4.79 Å². The normalized spacial score (nSPS) is 25.2. The fraction of sp³-hybridized carbons (Fsp3) is 0.938. The number of rotatable bonds is 3. The van der Waals surface area contributed by atoms with Crippen LogP contribution in [0.3, 0.4) is 0 Å². The van der Waals surface area contributed by atoms with Gasteiger partial charge in [-0.1, -0.05) is 22.6 Å². The summed E-state index contributed by atoms with van der Waals surface area (Å²) in [6, 6.07) is 0. The van der Waals surface area contributed by atoms with Crippen molar-refractivity contribution in [3.05, 3.63) is 0 Å². The van der Waals surface area contributed by atoms with Crippen LogP contribution >= 0.6 is 22.6 Å². The van der Waals surface area contributed by atoms with Crippen LogP contribution in [-0.4, -0.2) is 38.5 Å². The lowest BCUT2D eigenvalue weighted by molar-refractivity contribution is -0.168. The minimum atomic E-state index is -0.410. The summed E-state index contributed by atoms with van der Waals surface area (Å²) in [5, 5.41) is 0. The van der Waals surface area contributed by atoms with E-state index < -0.39 is 5.60 Å². The quantitative estimate of drug-likeness (QED) is 0.411. The van der Waals surface area contributed by atoms with Crippen LogP contribution in [0.5, 0.6) is 0 Å². The standard InChI is InChI=1S/C16H30INO2/c1-11(17)13(19)20-16(6,7)12-9-14(2,3)18(8)15(4,5)10-12/h11-12H,9-10H2,1-8H3. The lowest BCUT2D eigenvalue weighted by Gasteiger charge is -2.56. The molecule has 1 aliphatic heterocycles. The molecule has 4 heteroatoms. The molecular formula is C16H30INO2. The Morgan fingerprint density at radius 3 is 2.00 bits per heavy atom. The van der Waals surface area contributed by atoms with Crippen LogP contribution in [0.2, 0.25) is 0 Å². The van der Waals surface area contributed by atoms with Crippen LogP contribution < -0.4 is 0 Å². The van der Waals surface area contributed by atoms with Gasteiger partial charge in [-0.05, 0) is 68.4 Å². The molecule has 0 aromatic carbocycles. The highest BCUT2D eigenvalue weighted by Gasteiger charge is 2.48. The first-order valence-electron chi connectivity index (χ1n) is 7.40. The zero-order valence-electron chi connectivity index (χ0n) is 14.2. The van der Waals surface area contributed by atoms with Gasteiger partial charge in [-0.2, -0.15) is 0 Å². The average molecular weight is 395 g/mol. The minimum Gasteiger partial charge on any atom is -0.459 e. The van der Waals surface area contributed by atoms with E-state index in [0.29, 0.717) is 5.92 Å². The maximum atomic E-state index is 11.9. The van der Waals surface area contributed by atoms with Crippen molar-refractivity contribution < 1.29 is 9.53 Å². The van der Waals surface area contributed by atoms with Crippen LogP contribution in [0.1, 0.15) is 61.3 Å². The molecule has 0 saturated carbocycles. The first kappa shape index (κ1) is 18.2. The van der Waals surface area contributed by atoms with Gasteiger partial charge in [-0.25, -0.2) is 0 Å². The molecule has 0 bridgehead atoms. The third kappa shape index (κ3) is 3.87. The van der Waals surface area contributed by atoms with Gasteiger partial charge < -0.3 is 4.74 Å². The van der Waals surface area contributed by atoms with Gasteiger partial charge in [-0.3, -0.25) is 9.69 Å². The second kappa shape index (κ2) is 5.75. The summed E-state index contributed by atoms with van der Waals surface area (Å²) in [6.45, 7) is 15.1. The largest absolute Gasteiger partial charge is 0.459 e. The van der Waals surface area contributed by atoms with Gasteiger partial charge in [0.05, 0.1) is 0 Å². The van der Waals surface area contributed by atoms with Crippen molar-refractivity contribution in [2.45, 2.75) is 81.9 Å². The molecule has 0 aliphatic carbocycles. The highest BCUT2D eigenvalue weighted by molar-refractivity contribution is 14.1. The predicted octanol–water partition coefficient (Wildman–Crippen LogP) is 4.03. The van der Waals surface area contributed by atoms with E-state index in [0.717, 1.165) is 12.8 Å². The van der Waals surface area contributed by atoms with Gasteiger partial charge in [0.2, 0.25) is 0 Å². The second-order valence-electron chi connectivity index (χ2n) is 7.93. The molecular weight excluding hydrogens is 365 g/mol. The molecule has 0 aromatic rings. The fourth-order valence-electron chi connectivity index (χ4n) is 3.29. The number of halogens is 1. The molecule has 0 N–H and O–H groups in total. The molecule has 20 heavy (non-hydrogen) atoms. The molecule has 1 atom stereocenters. The summed E-state index contributed by atoms with van der Waals surface area (Å²) in [7, 11) is 2.20. The number of likely N-dealkylation sites (tertiary alicyclic amines) is 1. The Morgan fingerprint density at radius 2 is 1.65 bits per heavy atom. The van der Waals surface area contributed by atoms with E-state index in [1.807, 2.05) is 6.92 Å². The maximum absolute atomic E-state index is 11.9. The second-order valence-corrected chi connectivity index (χ2v) is 9.80. The Kier molecular flexibility index (Phi) is 5.23. The molecule has 1 saturated heterocycles. The topological polar surface area (TPSA) is 29.5 Å². The van der Waals surface area contributed by atoms with Crippen molar-refractivity contribution in [1.29, 1.82) is 0 Å². The Bertz CT molecular complexity index is 357. The number of ether oxygens (including phenoxy) is 1. The SMILES string of the molecule is CC(I)C(=O)OC(C)(C)C1CC(C)(C)N(C)C(C)(C)C1. The molecule has 3 nitrogen and oxygen atoms in total. The van der Waals surface area contributed by atoms with Crippen molar-refractivity contribution in [1.82, 2.24) is 4.90 Å². The summed E-state index contributed by atoms with van der Waals surface area (Å²) >= 11 is 2.11. The molecule has 1 unspecified atom stereocenters. The van der Waals surface area contributed by atoms with Crippen molar-refractivity contribution in [3.8, 4) is 0 Å². The van der Waals surface area contributed by atoms with E-state index in [4.69, 9.17) is 4.74 Å². The number of piperidine rings is 1. The number of carbonyl (C=O) groups is 1. The molecule has 1 heterocycles. The third-order valence-electron chi connectivity index (χ3n) is 4.98. The van der Waals surface area contributed by atoms with Gasteiger partial charge in [0.15, 0.2) is 0 Å². The Balaban J connectivity index is 2.93. The smallest absolute Gasteiger partial charge is 0.319 e. The molecule has 1 rings (SSSR count). The third-order valence-corrected chi connectivity index (χ3v) is 5.49. The first-order chi connectivity index (χ1) is 8.79. The van der Waals surface area contributed by atoms with Gasteiger partial charge in [-0.15, -0.1) is 0 Å². The van der Waals surface area contributed by atoms with Crippen LogP contribution in [0.25, 0.3) is 0 Å². The number of alkyl halides is 1. The molecule has 0 amide bonds. The minimum absolute atomic E-state index is 0.0980. The Morgan fingerprint density at radius 1 is 1.25 bits per heavy atom. The maximum Gasteiger partial charge on any atom is 0.319 e. The van der Waals surface area contributed by atoms with Gasteiger partial charge >= 0.3 is 5.97 Å². The lowest BCUT2D eigenvalue weighted by atomic mass is 9.68. The lowest BCUT2D eigenvalue weighted by Crippen LogP contribution is -2.61. The summed E-state index contributed by atoms with van der Waals surface area (Å²) in [6.07, 6.45) is 2.09. The number of hydrogen-bond acceptors (Lipinski definition) is 3. The van der Waals surface area contributed by atoms with Crippen molar-refractivity contribution in [2.75, 3.05) is 7.05 Å². The van der Waals surface area contributed by atoms with Crippen LogP contribution in [0.4, 0.5) is 0 Å². The number of esters is 1. The Hall–Kier alpha value is 0.160. The number of hydrogen-bond donors (Lipinski definition) is 0. The van der Waals surface area contributed by atoms with Crippen LogP contribution in [0.15, 0.2) is 0 Å². The number of carbonyl (C=O) groups excluding carboxylic acids is 1. The van der Waals surface area contributed by atoms with Crippen molar-refractivity contribution in [2.24, 2.45) is 5.92 Å². The highest BCUT2D eigenvalue weighted by Crippen LogP contribution is 2.45. The molecule has 0 aromatic heterocycles. The van der Waals surface area contributed by atoms with Gasteiger partial charge in [0, 0.05) is 17.0 Å². The van der Waals surface area contributed by atoms with Crippen molar-refractivity contribution >= 4 is 28.6 Å². The number of nitrogens with zero attached hydrogens (tertiary/aromatic N) is 1. The molecule has 1 fully saturated rings. The van der Waals surface area contributed by atoms with Crippen LogP contribution in [0, 0.1) is 5.92 Å². The average Bonchev–Trinajstić information content (AvgIpc) is 2.24. The van der Waals surface area contributed by atoms with E-state index in [2.05, 4.69) is 76.1 Å². The highest BCUT2D eigenvalue weighted by atomic mass is 127. The van der Waals surface area contributed by atoms with Gasteiger partial charge in [0.1, 0.15) is 9.53 Å². The Labute approximate surface area is 138 Å². The molecule has 0 spiro atoms. The summed E-state index contributed by atoms with van der Waals surface area (Å²) in [4.78, 5) is 14.4. The zero-order chi connectivity index (χ0) is 15.9. The van der Waals surface area contributed by atoms with Crippen molar-refractivity contribution in [3.63, 3.8) is 0 Å². The van der Waals surface area contributed by atoms with E-state index in [-0.39, 0.29) is 21.0 Å².